The van der Waals surface area contributed by atoms with E-state index in [0.29, 0.717) is 12.5 Å². The molecule has 1 fully saturated rings. The van der Waals surface area contributed by atoms with Gasteiger partial charge in [0.05, 0.1) is 18.8 Å². The quantitative estimate of drug-likeness (QED) is 0.400. The maximum Gasteiger partial charge on any atom is 0.194 e. The number of guanidine groups is 1. The van der Waals surface area contributed by atoms with E-state index in [9.17, 15) is 0 Å². The number of hydrogen-bond acceptors (Lipinski definition) is 3. The molecule has 3 heterocycles. The third-order valence-electron chi connectivity index (χ3n) is 4.61. The van der Waals surface area contributed by atoms with E-state index in [1.165, 1.54) is 5.69 Å². The van der Waals surface area contributed by atoms with Gasteiger partial charge in [-0.15, -0.1) is 24.0 Å². The molecule has 2 aromatic heterocycles. The highest BCUT2D eigenvalue weighted by Crippen LogP contribution is 2.17. The fraction of sp³-hybridized carbons (Fsp3) is 0.579. The van der Waals surface area contributed by atoms with Crippen LogP contribution in [0.1, 0.15) is 31.7 Å². The van der Waals surface area contributed by atoms with Crippen LogP contribution in [0.25, 0.3) is 5.65 Å². The second kappa shape index (κ2) is 10.1. The first-order valence-electron chi connectivity index (χ1n) is 9.25. The number of aliphatic imine (C=N–C) groups is 1. The molecule has 1 unspecified atom stereocenters. The lowest BCUT2D eigenvalue weighted by atomic mass is 10.1. The molecule has 1 N–H and O–H groups in total. The maximum absolute atomic E-state index is 5.58. The van der Waals surface area contributed by atoms with Gasteiger partial charge in [0, 0.05) is 44.0 Å². The number of hydrogen-bond donors (Lipinski definition) is 1. The van der Waals surface area contributed by atoms with Gasteiger partial charge in [-0.1, -0.05) is 6.07 Å². The van der Waals surface area contributed by atoms with Crippen molar-refractivity contribution in [3.8, 4) is 0 Å². The van der Waals surface area contributed by atoms with E-state index in [2.05, 4.69) is 52.6 Å². The highest BCUT2D eigenvalue weighted by Gasteiger charge is 2.24. The molecular weight excluding hydrogens is 441 g/mol. The van der Waals surface area contributed by atoms with Gasteiger partial charge in [0.25, 0.3) is 0 Å². The first-order valence-corrected chi connectivity index (χ1v) is 9.25. The minimum absolute atomic E-state index is 0. The zero-order valence-electron chi connectivity index (χ0n) is 15.9. The number of fused-ring (bicyclic) bond motifs is 1. The van der Waals surface area contributed by atoms with Crippen LogP contribution in [0.3, 0.4) is 0 Å². The van der Waals surface area contributed by atoms with Crippen molar-refractivity contribution in [2.45, 2.75) is 33.7 Å². The summed E-state index contributed by atoms with van der Waals surface area (Å²) >= 11 is 0. The third-order valence-corrected chi connectivity index (χ3v) is 4.61. The maximum atomic E-state index is 5.58. The number of aryl methyl sites for hydroxylation is 1. The van der Waals surface area contributed by atoms with Crippen molar-refractivity contribution in [2.24, 2.45) is 10.9 Å². The summed E-state index contributed by atoms with van der Waals surface area (Å²) in [5, 5.41) is 3.42. The van der Waals surface area contributed by atoms with Gasteiger partial charge in [0.15, 0.2) is 5.96 Å². The normalized spacial score (nSPS) is 17.6. The molecule has 1 aliphatic heterocycles. The van der Waals surface area contributed by atoms with Crippen molar-refractivity contribution < 1.29 is 4.74 Å². The molecule has 0 radical (unpaired) electrons. The summed E-state index contributed by atoms with van der Waals surface area (Å²) in [5.41, 5.74) is 3.16. The van der Waals surface area contributed by atoms with Crippen molar-refractivity contribution in [1.29, 1.82) is 0 Å². The monoisotopic (exact) mass is 471 g/mol. The molecule has 0 amide bonds. The standard InChI is InChI=1S/C19H29N5O.HI/c1-4-20-19(23-10-9-16(12-23)14-25-5-2)21-11-17-13-24-15(3)7-6-8-18(24)22-17;/h6-8,13,16H,4-5,9-12,14H2,1-3H3,(H,20,21);1H. The zero-order chi connectivity index (χ0) is 17.6. The van der Waals surface area contributed by atoms with Gasteiger partial charge in [-0.3, -0.25) is 0 Å². The molecule has 0 saturated carbocycles. The van der Waals surface area contributed by atoms with E-state index in [-0.39, 0.29) is 24.0 Å². The molecule has 1 saturated heterocycles. The largest absolute Gasteiger partial charge is 0.381 e. The van der Waals surface area contributed by atoms with Crippen molar-refractivity contribution in [2.75, 3.05) is 32.8 Å². The van der Waals surface area contributed by atoms with Gasteiger partial charge in [0.1, 0.15) is 5.65 Å². The summed E-state index contributed by atoms with van der Waals surface area (Å²) in [4.78, 5) is 11.8. The number of imidazole rings is 1. The van der Waals surface area contributed by atoms with Gasteiger partial charge in [-0.05, 0) is 39.3 Å². The molecule has 0 aliphatic carbocycles. The van der Waals surface area contributed by atoms with E-state index < -0.39 is 0 Å². The molecule has 0 aromatic carbocycles. The van der Waals surface area contributed by atoms with E-state index in [0.717, 1.165) is 56.6 Å². The lowest BCUT2D eigenvalue weighted by Crippen LogP contribution is -2.40. The summed E-state index contributed by atoms with van der Waals surface area (Å²) in [7, 11) is 0. The van der Waals surface area contributed by atoms with Crippen LogP contribution in [0.5, 0.6) is 0 Å². The van der Waals surface area contributed by atoms with Gasteiger partial charge in [0.2, 0.25) is 0 Å². The summed E-state index contributed by atoms with van der Waals surface area (Å²) in [6.45, 7) is 11.4. The van der Waals surface area contributed by atoms with Crippen molar-refractivity contribution in [1.82, 2.24) is 19.6 Å². The van der Waals surface area contributed by atoms with Gasteiger partial charge < -0.3 is 19.4 Å². The van der Waals surface area contributed by atoms with Crippen LogP contribution in [0.15, 0.2) is 29.4 Å². The average molecular weight is 471 g/mol. The second-order valence-corrected chi connectivity index (χ2v) is 6.56. The summed E-state index contributed by atoms with van der Waals surface area (Å²) in [6.07, 6.45) is 3.25. The van der Waals surface area contributed by atoms with Crippen LogP contribution < -0.4 is 5.32 Å². The molecule has 0 bridgehead atoms. The Morgan fingerprint density at radius 2 is 2.23 bits per heavy atom. The van der Waals surface area contributed by atoms with Crippen molar-refractivity contribution >= 4 is 35.6 Å². The number of aromatic nitrogens is 2. The van der Waals surface area contributed by atoms with Gasteiger partial charge in [-0.25, -0.2) is 9.98 Å². The molecule has 6 nitrogen and oxygen atoms in total. The fourth-order valence-electron chi connectivity index (χ4n) is 3.30. The Bertz CT molecular complexity index is 730. The van der Waals surface area contributed by atoms with Crippen molar-refractivity contribution in [3.05, 3.63) is 35.8 Å². The highest BCUT2D eigenvalue weighted by molar-refractivity contribution is 14.0. The van der Waals surface area contributed by atoms with E-state index >= 15 is 0 Å². The lowest BCUT2D eigenvalue weighted by Gasteiger charge is -2.21. The molecule has 7 heteroatoms. The number of nitrogens with one attached hydrogen (secondary N) is 1. The van der Waals surface area contributed by atoms with Crippen LogP contribution in [0.2, 0.25) is 0 Å². The highest BCUT2D eigenvalue weighted by atomic mass is 127. The van der Waals surface area contributed by atoms with E-state index in [1.54, 1.807) is 0 Å². The summed E-state index contributed by atoms with van der Waals surface area (Å²) in [6, 6.07) is 6.16. The number of nitrogens with zero attached hydrogens (tertiary/aromatic N) is 4. The third kappa shape index (κ3) is 5.09. The zero-order valence-corrected chi connectivity index (χ0v) is 18.3. The number of halogens is 1. The van der Waals surface area contributed by atoms with Gasteiger partial charge in [-0.2, -0.15) is 0 Å². The summed E-state index contributed by atoms with van der Waals surface area (Å²) < 4.78 is 7.70. The molecule has 0 spiro atoms. The van der Waals surface area contributed by atoms with E-state index in [4.69, 9.17) is 9.73 Å². The number of rotatable bonds is 6. The molecule has 144 valence electrons. The minimum atomic E-state index is 0. The molecule has 26 heavy (non-hydrogen) atoms. The molecule has 1 atom stereocenters. The predicted molar refractivity (Wildman–Crippen MR) is 116 cm³/mol. The van der Waals surface area contributed by atoms with Crippen LogP contribution in [-0.4, -0.2) is 53.1 Å². The molecule has 3 rings (SSSR count). The Balaban J connectivity index is 0.00000243. The van der Waals surface area contributed by atoms with Crippen LogP contribution >= 0.6 is 24.0 Å². The molecule has 2 aromatic rings. The van der Waals surface area contributed by atoms with Crippen molar-refractivity contribution in [3.63, 3.8) is 0 Å². The van der Waals surface area contributed by atoms with E-state index in [1.807, 2.05) is 12.1 Å². The van der Waals surface area contributed by atoms with Crippen LogP contribution in [0.4, 0.5) is 0 Å². The SMILES string of the molecule is CCNC(=NCc1cn2c(C)cccc2n1)N1CCC(COCC)C1.I. The topological polar surface area (TPSA) is 54.2 Å². The molecule has 1 aliphatic rings. The fourth-order valence-corrected chi connectivity index (χ4v) is 3.30. The first-order chi connectivity index (χ1) is 12.2. The Labute approximate surface area is 173 Å². The lowest BCUT2D eigenvalue weighted by molar-refractivity contribution is 0.114. The number of likely N-dealkylation sites (tertiary alicyclic amines) is 1. The minimum Gasteiger partial charge on any atom is -0.381 e. The number of ether oxygens (including phenoxy) is 1. The number of pyridine rings is 1. The smallest absolute Gasteiger partial charge is 0.194 e. The van der Waals surface area contributed by atoms with Crippen LogP contribution in [0, 0.1) is 12.8 Å². The first kappa shape index (κ1) is 21.0. The molecular formula is C19H30IN5O. The predicted octanol–water partition coefficient (Wildman–Crippen LogP) is 3.08. The Morgan fingerprint density at radius 1 is 1.38 bits per heavy atom. The Morgan fingerprint density at radius 3 is 2.96 bits per heavy atom. The van der Waals surface area contributed by atoms with Crippen LogP contribution in [-0.2, 0) is 11.3 Å². The Hall–Kier alpha value is -1.35. The second-order valence-electron chi connectivity index (χ2n) is 6.56. The average Bonchev–Trinajstić information content (AvgIpc) is 3.24. The Kier molecular flexibility index (Phi) is 8.15. The van der Waals surface area contributed by atoms with Gasteiger partial charge >= 0.3 is 0 Å². The summed E-state index contributed by atoms with van der Waals surface area (Å²) in [5.74, 6) is 1.58.